The molecule has 0 radical (unpaired) electrons. The van der Waals surface area contributed by atoms with Gasteiger partial charge in [0.1, 0.15) is 0 Å². The summed E-state index contributed by atoms with van der Waals surface area (Å²) in [6.45, 7) is 0. The third kappa shape index (κ3) is 2.68. The molecule has 0 unspecified atom stereocenters. The van der Waals surface area contributed by atoms with Crippen LogP contribution in [0.25, 0.3) is 11.0 Å². The maximum absolute atomic E-state index is 4.90. The van der Waals surface area contributed by atoms with Crippen LogP contribution in [0, 0.1) is 9.54 Å². The summed E-state index contributed by atoms with van der Waals surface area (Å²) in [6.07, 6.45) is 3.50. The molecule has 16 heavy (non-hydrogen) atoms. The van der Waals surface area contributed by atoms with Gasteiger partial charge in [0.2, 0.25) is 0 Å². The second-order valence-electron chi connectivity index (χ2n) is 3.08. The lowest BCUT2D eigenvalue weighted by atomic mass is 10.3. The Morgan fingerprint density at radius 1 is 0.750 bits per heavy atom. The standard InChI is InChI=1S/C7H6N2S.C3H4N2S/c10-7-8-5-3-1-2-4-6(5)9-7;6-3-4-1-2-5-3/h1-4H,(H2,8,9,10);1-2H,(H2,4,5,6). The van der Waals surface area contributed by atoms with Crippen molar-refractivity contribution in [1.29, 1.82) is 0 Å². The van der Waals surface area contributed by atoms with E-state index >= 15 is 0 Å². The van der Waals surface area contributed by atoms with Gasteiger partial charge >= 0.3 is 0 Å². The van der Waals surface area contributed by atoms with Gasteiger partial charge in [0, 0.05) is 12.4 Å². The van der Waals surface area contributed by atoms with E-state index in [1.54, 1.807) is 12.4 Å². The summed E-state index contributed by atoms with van der Waals surface area (Å²) in [4.78, 5) is 11.6. The van der Waals surface area contributed by atoms with Gasteiger partial charge in [-0.1, -0.05) is 12.1 Å². The van der Waals surface area contributed by atoms with Crippen LogP contribution < -0.4 is 0 Å². The van der Waals surface area contributed by atoms with E-state index in [2.05, 4.69) is 32.2 Å². The van der Waals surface area contributed by atoms with E-state index in [0.29, 0.717) is 9.54 Å². The second kappa shape index (κ2) is 4.91. The highest BCUT2D eigenvalue weighted by Crippen LogP contribution is 2.06. The first-order valence-corrected chi connectivity index (χ1v) is 5.46. The van der Waals surface area contributed by atoms with E-state index < -0.39 is 0 Å². The minimum Gasteiger partial charge on any atom is -0.338 e. The second-order valence-corrected chi connectivity index (χ2v) is 3.89. The Labute approximate surface area is 102 Å². The number of aromatic nitrogens is 4. The number of hydrogen-bond donors (Lipinski definition) is 4. The number of rotatable bonds is 0. The van der Waals surface area contributed by atoms with E-state index in [1.807, 2.05) is 24.3 Å². The molecular formula is C10H10N4S2. The molecule has 1 aromatic carbocycles. The lowest BCUT2D eigenvalue weighted by Crippen LogP contribution is -1.63. The molecule has 3 aromatic rings. The molecular weight excluding hydrogens is 240 g/mol. The summed E-state index contributed by atoms with van der Waals surface area (Å²) in [6, 6.07) is 7.92. The van der Waals surface area contributed by atoms with Crippen LogP contribution in [0.1, 0.15) is 0 Å². The SMILES string of the molecule is S=c1[nH]c2ccccc2[nH]1.S=c1[nH]cc[nH]1. The van der Waals surface area contributed by atoms with Gasteiger partial charge < -0.3 is 19.9 Å². The fourth-order valence-electron chi connectivity index (χ4n) is 1.25. The van der Waals surface area contributed by atoms with E-state index in [-0.39, 0.29) is 0 Å². The zero-order valence-corrected chi connectivity index (χ0v) is 9.91. The Balaban J connectivity index is 0.000000138. The first kappa shape index (κ1) is 10.8. The molecule has 2 heterocycles. The van der Waals surface area contributed by atoms with Gasteiger partial charge in [-0.05, 0) is 36.6 Å². The zero-order chi connectivity index (χ0) is 11.4. The van der Waals surface area contributed by atoms with Gasteiger partial charge in [0.25, 0.3) is 0 Å². The minimum atomic E-state index is 0.676. The normalized spacial score (nSPS) is 9.75. The third-order valence-corrected chi connectivity index (χ3v) is 2.38. The van der Waals surface area contributed by atoms with Gasteiger partial charge in [-0.2, -0.15) is 0 Å². The topological polar surface area (TPSA) is 63.2 Å². The Morgan fingerprint density at radius 2 is 1.25 bits per heavy atom. The fraction of sp³-hybridized carbons (Fsp3) is 0. The summed E-state index contributed by atoms with van der Waals surface area (Å²) in [5.74, 6) is 0. The van der Waals surface area contributed by atoms with Crippen LogP contribution in [0.3, 0.4) is 0 Å². The van der Waals surface area contributed by atoms with Crippen LogP contribution in [0.4, 0.5) is 0 Å². The summed E-state index contributed by atoms with van der Waals surface area (Å²) >= 11 is 9.54. The van der Waals surface area contributed by atoms with Crippen molar-refractivity contribution in [2.45, 2.75) is 0 Å². The quantitative estimate of drug-likeness (QED) is 0.463. The Bertz CT molecular complexity index is 621. The molecule has 0 bridgehead atoms. The van der Waals surface area contributed by atoms with Crippen molar-refractivity contribution < 1.29 is 0 Å². The van der Waals surface area contributed by atoms with Crippen molar-refractivity contribution in [2.24, 2.45) is 0 Å². The average molecular weight is 250 g/mol. The molecule has 0 amide bonds. The molecule has 0 aliphatic carbocycles. The third-order valence-electron chi connectivity index (χ3n) is 1.94. The highest BCUT2D eigenvalue weighted by Gasteiger charge is 1.90. The molecule has 6 heteroatoms. The van der Waals surface area contributed by atoms with Crippen LogP contribution in [0.5, 0.6) is 0 Å². The highest BCUT2D eigenvalue weighted by molar-refractivity contribution is 7.71. The molecule has 0 saturated carbocycles. The summed E-state index contributed by atoms with van der Waals surface area (Å²) in [5.41, 5.74) is 2.13. The Morgan fingerprint density at radius 3 is 1.62 bits per heavy atom. The molecule has 0 fully saturated rings. The van der Waals surface area contributed by atoms with Gasteiger partial charge in [0.05, 0.1) is 11.0 Å². The number of aromatic amines is 4. The predicted molar refractivity (Wildman–Crippen MR) is 69.5 cm³/mol. The smallest absolute Gasteiger partial charge is 0.175 e. The first-order valence-electron chi connectivity index (χ1n) is 4.65. The van der Waals surface area contributed by atoms with Gasteiger partial charge in [-0.15, -0.1) is 0 Å². The van der Waals surface area contributed by atoms with E-state index in [1.165, 1.54) is 0 Å². The zero-order valence-electron chi connectivity index (χ0n) is 8.28. The van der Waals surface area contributed by atoms with Gasteiger partial charge in [0.15, 0.2) is 9.54 Å². The lowest BCUT2D eigenvalue weighted by Gasteiger charge is -1.82. The molecule has 4 N–H and O–H groups in total. The summed E-state index contributed by atoms with van der Waals surface area (Å²) in [5, 5.41) is 0. The minimum absolute atomic E-state index is 0.676. The van der Waals surface area contributed by atoms with Crippen LogP contribution in [0.2, 0.25) is 0 Å². The Hall–Kier alpha value is -1.66. The number of fused-ring (bicyclic) bond motifs is 1. The van der Waals surface area contributed by atoms with Crippen molar-refractivity contribution >= 4 is 35.5 Å². The molecule has 0 saturated heterocycles. The van der Waals surface area contributed by atoms with E-state index in [9.17, 15) is 0 Å². The highest BCUT2D eigenvalue weighted by atomic mass is 32.1. The number of H-pyrrole nitrogens is 4. The lowest BCUT2D eigenvalue weighted by molar-refractivity contribution is 1.27. The number of hydrogen-bond acceptors (Lipinski definition) is 2. The van der Waals surface area contributed by atoms with Crippen molar-refractivity contribution in [3.63, 3.8) is 0 Å². The number of nitrogens with one attached hydrogen (secondary N) is 4. The van der Waals surface area contributed by atoms with Crippen LogP contribution in [0.15, 0.2) is 36.7 Å². The van der Waals surface area contributed by atoms with Gasteiger partial charge in [-0.3, -0.25) is 0 Å². The van der Waals surface area contributed by atoms with E-state index in [0.717, 1.165) is 11.0 Å². The molecule has 0 aliphatic rings. The maximum atomic E-state index is 4.90. The van der Waals surface area contributed by atoms with Gasteiger partial charge in [-0.25, -0.2) is 0 Å². The summed E-state index contributed by atoms with van der Waals surface area (Å²) in [7, 11) is 0. The first-order chi connectivity index (χ1) is 7.75. The molecule has 0 atom stereocenters. The number of para-hydroxylation sites is 2. The predicted octanol–water partition coefficient (Wildman–Crippen LogP) is 3.30. The molecule has 0 aliphatic heterocycles. The van der Waals surface area contributed by atoms with Crippen molar-refractivity contribution in [3.8, 4) is 0 Å². The molecule has 3 rings (SSSR count). The monoisotopic (exact) mass is 250 g/mol. The van der Waals surface area contributed by atoms with Crippen LogP contribution in [-0.2, 0) is 0 Å². The molecule has 2 aromatic heterocycles. The molecule has 0 spiro atoms. The van der Waals surface area contributed by atoms with Crippen molar-refractivity contribution in [1.82, 2.24) is 19.9 Å². The number of imidazole rings is 2. The average Bonchev–Trinajstić information content (AvgIpc) is 2.86. The fourth-order valence-corrected chi connectivity index (χ4v) is 1.61. The van der Waals surface area contributed by atoms with Crippen molar-refractivity contribution in [3.05, 3.63) is 46.2 Å². The van der Waals surface area contributed by atoms with E-state index in [4.69, 9.17) is 12.2 Å². The molecule has 82 valence electrons. The Kier molecular flexibility index (Phi) is 3.33. The molecule has 4 nitrogen and oxygen atoms in total. The number of benzene rings is 1. The maximum Gasteiger partial charge on any atom is 0.175 e. The largest absolute Gasteiger partial charge is 0.338 e. The van der Waals surface area contributed by atoms with Crippen LogP contribution in [-0.4, -0.2) is 19.9 Å². The summed E-state index contributed by atoms with van der Waals surface area (Å²) < 4.78 is 1.36. The van der Waals surface area contributed by atoms with Crippen molar-refractivity contribution in [2.75, 3.05) is 0 Å². The van der Waals surface area contributed by atoms with Crippen LogP contribution >= 0.6 is 24.4 Å².